The highest BCUT2D eigenvalue weighted by atomic mass is 19.4. The molecule has 0 saturated heterocycles. The van der Waals surface area contributed by atoms with Crippen LogP contribution in [0.15, 0.2) is 24.3 Å². The van der Waals surface area contributed by atoms with Gasteiger partial charge in [0.2, 0.25) is 17.7 Å². The number of nitro groups is 1. The van der Waals surface area contributed by atoms with Crippen molar-refractivity contribution < 1.29 is 42.4 Å². The van der Waals surface area contributed by atoms with Crippen LogP contribution >= 0.6 is 0 Å². The molecular weight excluding hydrogens is 443 g/mol. The van der Waals surface area contributed by atoms with Gasteiger partial charge >= 0.3 is 6.18 Å². The number of nitrogens with two attached hydrogens (primary N) is 1. The first-order valence-corrected chi connectivity index (χ1v) is 8.91. The first-order chi connectivity index (χ1) is 14.8. The highest BCUT2D eigenvalue weighted by Gasteiger charge is 2.44. The van der Waals surface area contributed by atoms with E-state index < -0.39 is 72.8 Å². The molecule has 0 aliphatic carbocycles. The number of aliphatic hydroxyl groups is 1. The van der Waals surface area contributed by atoms with Gasteiger partial charge in [-0.25, -0.2) is 0 Å². The molecule has 2 unspecified atom stereocenters. The molecule has 0 aliphatic rings. The SMILES string of the molecule is NCC(=O)NCC(=O)NCC(NC(=O)C(O)Cc1ccc([N+](=O)[O-])cc1)C(=O)C(F)(F)F. The number of nitrogens with zero attached hydrogens (tertiary/aromatic N) is 1. The van der Waals surface area contributed by atoms with Gasteiger partial charge in [0.15, 0.2) is 0 Å². The van der Waals surface area contributed by atoms with E-state index in [2.05, 4.69) is 5.32 Å². The number of hydrogen-bond acceptors (Lipinski definition) is 8. The standard InChI is InChI=1S/C17H20F3N5O7/c18-17(19,20)15(29)11(7-22-14(28)8-23-13(27)6-21)24-16(30)12(26)5-9-1-3-10(4-2-9)25(31)32/h1-4,11-12,26H,5-8,21H2,(H,22,28)(H,23,27)(H,24,30). The molecule has 0 aliphatic heterocycles. The first kappa shape index (κ1) is 26.4. The Kier molecular flexibility index (Phi) is 9.68. The average molecular weight is 463 g/mol. The fraction of sp³-hybridized carbons (Fsp3) is 0.412. The Balaban J connectivity index is 2.77. The lowest BCUT2D eigenvalue weighted by Gasteiger charge is -2.21. The maximum absolute atomic E-state index is 12.8. The number of ketones is 1. The van der Waals surface area contributed by atoms with Crippen LogP contribution in [-0.2, 0) is 25.6 Å². The van der Waals surface area contributed by atoms with E-state index in [0.717, 1.165) is 12.1 Å². The van der Waals surface area contributed by atoms with Crippen LogP contribution in [0.2, 0.25) is 0 Å². The lowest BCUT2D eigenvalue weighted by molar-refractivity contribution is -0.384. The second kappa shape index (κ2) is 11.7. The van der Waals surface area contributed by atoms with Crippen LogP contribution in [-0.4, -0.2) is 71.5 Å². The largest absolute Gasteiger partial charge is 0.452 e. The number of hydrogen-bond donors (Lipinski definition) is 5. The number of amides is 3. The van der Waals surface area contributed by atoms with Crippen molar-refractivity contribution in [2.24, 2.45) is 5.73 Å². The molecule has 15 heteroatoms. The molecule has 32 heavy (non-hydrogen) atoms. The molecule has 2 atom stereocenters. The minimum Gasteiger partial charge on any atom is -0.383 e. The normalized spacial score (nSPS) is 12.9. The number of halogens is 3. The zero-order chi connectivity index (χ0) is 24.5. The molecule has 1 rings (SSSR count). The Hall–Kier alpha value is -3.59. The third kappa shape index (κ3) is 8.65. The van der Waals surface area contributed by atoms with Gasteiger partial charge in [0.05, 0.1) is 18.0 Å². The van der Waals surface area contributed by atoms with Crippen LogP contribution in [0.5, 0.6) is 0 Å². The van der Waals surface area contributed by atoms with Crippen LogP contribution in [0, 0.1) is 10.1 Å². The monoisotopic (exact) mass is 463 g/mol. The number of carbonyl (C=O) groups excluding carboxylic acids is 4. The van der Waals surface area contributed by atoms with Gasteiger partial charge in [0.25, 0.3) is 11.5 Å². The molecule has 1 aromatic carbocycles. The molecule has 176 valence electrons. The fourth-order valence-corrected chi connectivity index (χ4v) is 2.27. The van der Waals surface area contributed by atoms with Crippen LogP contribution in [0.4, 0.5) is 18.9 Å². The summed E-state index contributed by atoms with van der Waals surface area (Å²) in [6.07, 6.45) is -7.65. The van der Waals surface area contributed by atoms with Gasteiger partial charge in [-0.15, -0.1) is 0 Å². The van der Waals surface area contributed by atoms with Crippen molar-refractivity contribution in [1.29, 1.82) is 0 Å². The van der Waals surface area contributed by atoms with Crippen LogP contribution < -0.4 is 21.7 Å². The Morgan fingerprint density at radius 3 is 2.19 bits per heavy atom. The summed E-state index contributed by atoms with van der Waals surface area (Å²) in [6, 6.07) is 2.44. The highest BCUT2D eigenvalue weighted by molar-refractivity contribution is 5.94. The first-order valence-electron chi connectivity index (χ1n) is 8.91. The number of rotatable bonds is 11. The quantitative estimate of drug-likeness (QED) is 0.189. The lowest BCUT2D eigenvalue weighted by Crippen LogP contribution is -2.55. The molecule has 6 N–H and O–H groups in total. The number of non-ortho nitro benzene ring substituents is 1. The van der Waals surface area contributed by atoms with Gasteiger partial charge in [-0.2, -0.15) is 13.2 Å². The second-order valence-corrected chi connectivity index (χ2v) is 6.35. The van der Waals surface area contributed by atoms with Gasteiger partial charge in [-0.05, 0) is 5.56 Å². The third-order valence-electron chi connectivity index (χ3n) is 3.93. The summed E-state index contributed by atoms with van der Waals surface area (Å²) in [6.45, 7) is -2.02. The van der Waals surface area contributed by atoms with Gasteiger partial charge in [-0.1, -0.05) is 12.1 Å². The van der Waals surface area contributed by atoms with E-state index in [1.54, 1.807) is 5.32 Å². The van der Waals surface area contributed by atoms with Crippen molar-refractivity contribution in [3.63, 3.8) is 0 Å². The molecule has 0 bridgehead atoms. The maximum atomic E-state index is 12.8. The predicted octanol–water partition coefficient (Wildman–Crippen LogP) is -1.69. The highest BCUT2D eigenvalue weighted by Crippen LogP contribution is 2.18. The number of aliphatic hydroxyl groups excluding tert-OH is 1. The van der Waals surface area contributed by atoms with Crippen molar-refractivity contribution >= 4 is 29.2 Å². The number of benzene rings is 1. The van der Waals surface area contributed by atoms with Crippen molar-refractivity contribution in [3.05, 3.63) is 39.9 Å². The summed E-state index contributed by atoms with van der Waals surface area (Å²) in [5.41, 5.74) is 5.03. The fourth-order valence-electron chi connectivity index (χ4n) is 2.27. The number of alkyl halides is 3. The molecule has 1 aromatic rings. The molecule has 0 saturated carbocycles. The number of nitro benzene ring substituents is 1. The van der Waals surface area contributed by atoms with Crippen LogP contribution in [0.1, 0.15) is 5.56 Å². The molecule has 0 fully saturated rings. The molecule has 12 nitrogen and oxygen atoms in total. The Bertz CT molecular complexity index is 861. The second-order valence-electron chi connectivity index (χ2n) is 6.35. The van der Waals surface area contributed by atoms with E-state index in [1.165, 1.54) is 12.1 Å². The van der Waals surface area contributed by atoms with Gasteiger partial charge in [0.1, 0.15) is 12.1 Å². The zero-order valence-electron chi connectivity index (χ0n) is 16.3. The number of carbonyl (C=O) groups is 4. The van der Waals surface area contributed by atoms with Crippen molar-refractivity contribution in [2.45, 2.75) is 24.7 Å². The Labute approximate surface area is 178 Å². The summed E-state index contributed by atoms with van der Waals surface area (Å²) in [5, 5.41) is 26.3. The average Bonchev–Trinajstić information content (AvgIpc) is 2.73. The summed E-state index contributed by atoms with van der Waals surface area (Å²) < 4.78 is 38.5. The van der Waals surface area contributed by atoms with E-state index in [-0.39, 0.29) is 11.3 Å². The van der Waals surface area contributed by atoms with Crippen molar-refractivity contribution in [3.8, 4) is 0 Å². The molecule has 0 radical (unpaired) electrons. The van der Waals surface area contributed by atoms with E-state index in [4.69, 9.17) is 5.73 Å². The minimum absolute atomic E-state index is 0.248. The van der Waals surface area contributed by atoms with Crippen LogP contribution in [0.3, 0.4) is 0 Å². The maximum Gasteiger partial charge on any atom is 0.452 e. The lowest BCUT2D eigenvalue weighted by atomic mass is 10.1. The number of Topliss-reactive ketones (excluding diaryl/α,β-unsaturated/α-hetero) is 1. The summed E-state index contributed by atoms with van der Waals surface area (Å²) in [4.78, 5) is 56.2. The molecule has 0 aromatic heterocycles. The van der Waals surface area contributed by atoms with E-state index in [1.807, 2.05) is 5.32 Å². The molecule has 0 heterocycles. The van der Waals surface area contributed by atoms with Crippen molar-refractivity contribution in [2.75, 3.05) is 19.6 Å². The Morgan fingerprint density at radius 1 is 1.09 bits per heavy atom. The van der Waals surface area contributed by atoms with Gasteiger partial charge < -0.3 is 26.8 Å². The Morgan fingerprint density at radius 2 is 1.69 bits per heavy atom. The smallest absolute Gasteiger partial charge is 0.383 e. The summed E-state index contributed by atoms with van der Waals surface area (Å²) in [7, 11) is 0. The third-order valence-corrected chi connectivity index (χ3v) is 3.93. The minimum atomic E-state index is -5.35. The van der Waals surface area contributed by atoms with E-state index in [9.17, 15) is 47.6 Å². The summed E-state index contributed by atoms with van der Waals surface area (Å²) >= 11 is 0. The molecular formula is C17H20F3N5O7. The number of nitrogens with one attached hydrogen (secondary N) is 3. The molecule has 3 amide bonds. The topological polar surface area (TPSA) is 194 Å². The van der Waals surface area contributed by atoms with E-state index in [0.29, 0.717) is 0 Å². The zero-order valence-corrected chi connectivity index (χ0v) is 16.3. The van der Waals surface area contributed by atoms with Crippen molar-refractivity contribution in [1.82, 2.24) is 16.0 Å². The predicted molar refractivity (Wildman–Crippen MR) is 101 cm³/mol. The van der Waals surface area contributed by atoms with E-state index >= 15 is 0 Å². The van der Waals surface area contributed by atoms with Gasteiger partial charge in [0, 0.05) is 25.1 Å². The van der Waals surface area contributed by atoms with Gasteiger partial charge in [-0.3, -0.25) is 29.3 Å². The molecule has 0 spiro atoms. The summed E-state index contributed by atoms with van der Waals surface area (Å²) in [5.74, 6) is -5.37. The van der Waals surface area contributed by atoms with Crippen LogP contribution in [0.25, 0.3) is 0 Å².